The molecule has 3 rings (SSSR count). The van der Waals surface area contributed by atoms with Crippen molar-refractivity contribution in [3.8, 4) is 0 Å². The molecule has 0 spiro atoms. The summed E-state index contributed by atoms with van der Waals surface area (Å²) in [7, 11) is 0. The van der Waals surface area contributed by atoms with E-state index < -0.39 is 0 Å². The Bertz CT molecular complexity index is 570. The van der Waals surface area contributed by atoms with Crippen molar-refractivity contribution in [2.75, 3.05) is 0 Å². The fourth-order valence-electron chi connectivity index (χ4n) is 3.31. The van der Waals surface area contributed by atoms with Crippen molar-refractivity contribution in [3.05, 3.63) is 59.7 Å². The zero-order valence-corrected chi connectivity index (χ0v) is 12.2. The molecule has 0 aliphatic heterocycles. The van der Waals surface area contributed by atoms with Gasteiger partial charge in [0.25, 0.3) is 0 Å². The predicted octanol–water partition coefficient (Wildman–Crippen LogP) is 2.36. The lowest BCUT2D eigenvalue weighted by atomic mass is 9.80. The number of nitrogens with one attached hydrogen (secondary N) is 1. The fraction of sp³-hybridized carbons (Fsp3) is 0.412. The number of hydrogen-bond donors (Lipinski definition) is 2. The van der Waals surface area contributed by atoms with Crippen LogP contribution in [0.25, 0.3) is 0 Å². The molecular formula is C17H22N4. The van der Waals surface area contributed by atoms with E-state index >= 15 is 0 Å². The van der Waals surface area contributed by atoms with Gasteiger partial charge in [-0.3, -0.25) is 21.2 Å². The molecule has 2 aromatic rings. The van der Waals surface area contributed by atoms with Gasteiger partial charge >= 0.3 is 0 Å². The van der Waals surface area contributed by atoms with Gasteiger partial charge in [0.2, 0.25) is 0 Å². The molecule has 110 valence electrons. The highest BCUT2D eigenvalue weighted by atomic mass is 15.2. The summed E-state index contributed by atoms with van der Waals surface area (Å²) in [5.41, 5.74) is 6.90. The van der Waals surface area contributed by atoms with Crippen molar-refractivity contribution < 1.29 is 0 Å². The Kier molecular flexibility index (Phi) is 4.58. The van der Waals surface area contributed by atoms with E-state index in [1.165, 1.54) is 23.2 Å². The van der Waals surface area contributed by atoms with Crippen LogP contribution in [0, 0.1) is 0 Å². The summed E-state index contributed by atoms with van der Waals surface area (Å²) in [6, 6.07) is 8.59. The van der Waals surface area contributed by atoms with Crippen LogP contribution in [0.4, 0.5) is 0 Å². The second kappa shape index (κ2) is 6.78. The Morgan fingerprint density at radius 3 is 3.00 bits per heavy atom. The first-order valence-electron chi connectivity index (χ1n) is 7.67. The zero-order valence-electron chi connectivity index (χ0n) is 12.2. The van der Waals surface area contributed by atoms with Gasteiger partial charge < -0.3 is 0 Å². The highest BCUT2D eigenvalue weighted by molar-refractivity contribution is 5.27. The number of aromatic nitrogens is 2. The third-order valence-electron chi connectivity index (χ3n) is 4.41. The first-order chi connectivity index (χ1) is 10.4. The summed E-state index contributed by atoms with van der Waals surface area (Å²) in [5, 5.41) is 0. The van der Waals surface area contributed by atoms with Crippen molar-refractivity contribution in [1.29, 1.82) is 0 Å². The maximum atomic E-state index is 5.83. The molecule has 0 radical (unpaired) electrons. The number of hydrazine groups is 1. The Labute approximate surface area is 125 Å². The molecule has 2 aromatic heterocycles. The molecule has 0 saturated heterocycles. The van der Waals surface area contributed by atoms with Gasteiger partial charge in [-0.1, -0.05) is 12.1 Å². The van der Waals surface area contributed by atoms with Crippen LogP contribution in [0.1, 0.15) is 42.0 Å². The van der Waals surface area contributed by atoms with Gasteiger partial charge in [0, 0.05) is 36.2 Å². The van der Waals surface area contributed by atoms with Crippen LogP contribution in [0.2, 0.25) is 0 Å². The van der Waals surface area contributed by atoms with Crippen LogP contribution in [-0.4, -0.2) is 16.0 Å². The minimum Gasteiger partial charge on any atom is -0.271 e. The van der Waals surface area contributed by atoms with Gasteiger partial charge in [-0.15, -0.1) is 0 Å². The molecule has 0 bridgehead atoms. The number of pyridine rings is 2. The number of nitrogens with zero attached hydrogens (tertiary/aromatic N) is 2. The molecule has 2 atom stereocenters. The third-order valence-corrected chi connectivity index (χ3v) is 4.41. The molecule has 2 unspecified atom stereocenters. The lowest BCUT2D eigenvalue weighted by Crippen LogP contribution is -2.41. The molecule has 4 nitrogen and oxygen atoms in total. The number of aryl methyl sites for hydroxylation is 2. The average molecular weight is 282 g/mol. The normalized spacial score (nSPS) is 19.0. The van der Waals surface area contributed by atoms with Crippen molar-refractivity contribution in [3.63, 3.8) is 0 Å². The van der Waals surface area contributed by atoms with Gasteiger partial charge in [0.15, 0.2) is 0 Å². The van der Waals surface area contributed by atoms with Crippen molar-refractivity contribution in [1.82, 2.24) is 15.4 Å². The Morgan fingerprint density at radius 2 is 2.19 bits per heavy atom. The summed E-state index contributed by atoms with van der Waals surface area (Å²) in [4.78, 5) is 8.79. The summed E-state index contributed by atoms with van der Waals surface area (Å²) in [6.07, 6.45) is 11.1. The van der Waals surface area contributed by atoms with Crippen LogP contribution in [0.15, 0.2) is 42.9 Å². The second-order valence-electron chi connectivity index (χ2n) is 5.72. The first kappa shape index (κ1) is 14.2. The largest absolute Gasteiger partial charge is 0.271 e. The van der Waals surface area contributed by atoms with Crippen LogP contribution in [-0.2, 0) is 12.8 Å². The van der Waals surface area contributed by atoms with Crippen LogP contribution >= 0.6 is 0 Å². The van der Waals surface area contributed by atoms with Crippen molar-refractivity contribution in [2.45, 2.75) is 44.1 Å². The van der Waals surface area contributed by atoms with E-state index in [4.69, 9.17) is 5.84 Å². The number of nitrogens with two attached hydrogens (primary N) is 1. The van der Waals surface area contributed by atoms with Crippen molar-refractivity contribution >= 4 is 0 Å². The number of hydrogen-bond acceptors (Lipinski definition) is 4. The molecule has 0 amide bonds. The molecule has 1 aliphatic carbocycles. The lowest BCUT2D eigenvalue weighted by Gasteiger charge is -2.31. The maximum absolute atomic E-state index is 5.83. The zero-order chi connectivity index (χ0) is 14.5. The van der Waals surface area contributed by atoms with E-state index in [1.807, 2.05) is 30.7 Å². The summed E-state index contributed by atoms with van der Waals surface area (Å²) >= 11 is 0. The molecular weight excluding hydrogens is 260 g/mol. The SMILES string of the molecule is NNC(CCc1cccnc1)C1CCCc2cccnc21. The fourth-order valence-corrected chi connectivity index (χ4v) is 3.31. The summed E-state index contributed by atoms with van der Waals surface area (Å²) in [5.74, 6) is 6.25. The lowest BCUT2D eigenvalue weighted by molar-refractivity contribution is 0.371. The average Bonchev–Trinajstić information content (AvgIpc) is 2.56. The topological polar surface area (TPSA) is 63.8 Å². The van der Waals surface area contributed by atoms with E-state index in [-0.39, 0.29) is 6.04 Å². The van der Waals surface area contributed by atoms with E-state index in [2.05, 4.69) is 27.5 Å². The summed E-state index contributed by atoms with van der Waals surface area (Å²) < 4.78 is 0. The van der Waals surface area contributed by atoms with Crippen molar-refractivity contribution in [2.24, 2.45) is 5.84 Å². The van der Waals surface area contributed by atoms with E-state index in [0.29, 0.717) is 5.92 Å². The molecule has 1 aliphatic rings. The highest BCUT2D eigenvalue weighted by Crippen LogP contribution is 2.33. The molecule has 0 saturated carbocycles. The molecule has 21 heavy (non-hydrogen) atoms. The van der Waals surface area contributed by atoms with Gasteiger partial charge in [0.1, 0.15) is 0 Å². The smallest absolute Gasteiger partial charge is 0.0482 e. The molecule has 3 N–H and O–H groups in total. The quantitative estimate of drug-likeness (QED) is 0.653. The second-order valence-corrected chi connectivity index (χ2v) is 5.72. The minimum absolute atomic E-state index is 0.263. The van der Waals surface area contributed by atoms with Crippen LogP contribution in [0.5, 0.6) is 0 Å². The van der Waals surface area contributed by atoms with E-state index in [0.717, 1.165) is 25.7 Å². The molecule has 0 aromatic carbocycles. The van der Waals surface area contributed by atoms with Gasteiger partial charge in [-0.2, -0.15) is 0 Å². The predicted molar refractivity (Wildman–Crippen MR) is 83.6 cm³/mol. The Morgan fingerprint density at radius 1 is 1.29 bits per heavy atom. The maximum Gasteiger partial charge on any atom is 0.0482 e. The molecule has 2 heterocycles. The summed E-state index contributed by atoms with van der Waals surface area (Å²) in [6.45, 7) is 0. The van der Waals surface area contributed by atoms with Crippen LogP contribution in [0.3, 0.4) is 0 Å². The first-order valence-corrected chi connectivity index (χ1v) is 7.67. The van der Waals surface area contributed by atoms with E-state index in [9.17, 15) is 0 Å². The molecule has 0 fully saturated rings. The molecule has 4 heteroatoms. The third kappa shape index (κ3) is 3.28. The number of rotatable bonds is 5. The Hall–Kier alpha value is -1.78. The van der Waals surface area contributed by atoms with Gasteiger partial charge in [-0.25, -0.2) is 0 Å². The highest BCUT2D eigenvalue weighted by Gasteiger charge is 2.28. The van der Waals surface area contributed by atoms with Gasteiger partial charge in [0.05, 0.1) is 0 Å². The Balaban J connectivity index is 1.72. The standard InChI is InChI=1S/C17H22N4/c18-21-16(9-8-13-4-2-10-19-12-13)15-7-1-5-14-6-3-11-20-17(14)15/h2-4,6,10-12,15-16,21H,1,5,7-9,18H2. The van der Waals surface area contributed by atoms with Gasteiger partial charge in [-0.05, 0) is 55.4 Å². The monoisotopic (exact) mass is 282 g/mol. The van der Waals surface area contributed by atoms with E-state index in [1.54, 1.807) is 0 Å². The minimum atomic E-state index is 0.263. The van der Waals surface area contributed by atoms with Crippen LogP contribution < -0.4 is 11.3 Å². The number of fused-ring (bicyclic) bond motifs is 1.